The van der Waals surface area contributed by atoms with Gasteiger partial charge in [-0.05, 0) is 24.0 Å². The van der Waals surface area contributed by atoms with E-state index in [-0.39, 0.29) is 46.9 Å². The van der Waals surface area contributed by atoms with Gasteiger partial charge in [-0.2, -0.15) is 18.1 Å². The molecular weight excluding hydrogens is 451 g/mol. The Kier molecular flexibility index (Phi) is 5.74. The van der Waals surface area contributed by atoms with Crippen molar-refractivity contribution in [3.05, 3.63) is 77.2 Å². The van der Waals surface area contributed by atoms with Crippen molar-refractivity contribution < 1.29 is 46.9 Å². The topological polar surface area (TPSA) is 12.4 Å². The molecular formula is C22H22NYb-. The zero-order valence-electron chi connectivity index (χ0n) is 14.1. The van der Waals surface area contributed by atoms with Gasteiger partial charge in [-0.15, -0.1) is 17.7 Å². The maximum absolute atomic E-state index is 5.02. The molecule has 0 saturated carbocycles. The average Bonchev–Trinajstić information content (AvgIpc) is 3.00. The molecule has 0 amide bonds. The maximum Gasteiger partial charge on any atom is 0.0661 e. The Hall–Kier alpha value is -0.761. The summed E-state index contributed by atoms with van der Waals surface area (Å²) in [5, 5.41) is 0. The van der Waals surface area contributed by atoms with Gasteiger partial charge in [0, 0.05) is 65.5 Å². The molecule has 2 aliphatic rings. The van der Waals surface area contributed by atoms with E-state index in [0.29, 0.717) is 5.92 Å². The van der Waals surface area contributed by atoms with Crippen LogP contribution in [0.15, 0.2) is 59.1 Å². The number of allylic oxidation sites excluding steroid dienone is 2. The van der Waals surface area contributed by atoms with Crippen LogP contribution in [0.4, 0.5) is 5.69 Å². The number of benzene rings is 2. The van der Waals surface area contributed by atoms with Crippen LogP contribution in [0.25, 0.3) is 5.57 Å². The molecule has 1 nitrogen and oxygen atoms in total. The van der Waals surface area contributed by atoms with E-state index in [2.05, 4.69) is 68.8 Å². The SMILES string of the molecule is CCc1ccccc1N=C1CC2=C(C1)C(C)[CH-]c1ccccc12.[Yb]. The molecule has 0 fully saturated rings. The molecule has 2 aromatic carbocycles. The van der Waals surface area contributed by atoms with Crippen molar-refractivity contribution in [2.45, 2.75) is 33.1 Å². The summed E-state index contributed by atoms with van der Waals surface area (Å²) in [6.07, 6.45) is 5.46. The standard InChI is InChI=1S/C22H22N.Yb/c1-3-16-8-5-7-11-22(16)23-18-13-20-15(2)12-17-9-4-6-10-19(17)21(20)14-18;/h4-12,15H,3,13-14H2,1-2H3;/q-1;. The van der Waals surface area contributed by atoms with Gasteiger partial charge >= 0.3 is 0 Å². The quantitative estimate of drug-likeness (QED) is 0.491. The average molecular weight is 473 g/mol. The van der Waals surface area contributed by atoms with Gasteiger partial charge in [-0.1, -0.05) is 49.3 Å². The van der Waals surface area contributed by atoms with E-state index >= 15 is 0 Å². The fraction of sp³-hybridized carbons (Fsp3) is 0.273. The maximum atomic E-state index is 5.02. The van der Waals surface area contributed by atoms with Gasteiger partial charge in [0.2, 0.25) is 0 Å². The summed E-state index contributed by atoms with van der Waals surface area (Å²) >= 11 is 0. The second-order valence-corrected chi connectivity index (χ2v) is 6.56. The van der Waals surface area contributed by atoms with Crippen molar-refractivity contribution >= 4 is 17.0 Å². The van der Waals surface area contributed by atoms with E-state index in [0.717, 1.165) is 24.9 Å². The third kappa shape index (κ3) is 3.31. The first-order chi connectivity index (χ1) is 11.3. The van der Waals surface area contributed by atoms with E-state index in [1.807, 2.05) is 0 Å². The van der Waals surface area contributed by atoms with E-state index < -0.39 is 0 Å². The van der Waals surface area contributed by atoms with Gasteiger partial charge in [-0.3, -0.25) is 4.99 Å². The van der Waals surface area contributed by atoms with Gasteiger partial charge in [0.15, 0.2) is 0 Å². The van der Waals surface area contributed by atoms with E-state index in [9.17, 15) is 0 Å². The van der Waals surface area contributed by atoms with Crippen molar-refractivity contribution in [2.24, 2.45) is 10.9 Å². The fourth-order valence-corrected chi connectivity index (χ4v) is 3.87. The molecule has 24 heavy (non-hydrogen) atoms. The number of aliphatic imine (C=N–C) groups is 1. The summed E-state index contributed by atoms with van der Waals surface area (Å²) in [5.74, 6) is 0.522. The summed E-state index contributed by atoms with van der Waals surface area (Å²) in [5.41, 5.74) is 9.68. The molecule has 0 heterocycles. The van der Waals surface area contributed by atoms with Gasteiger partial charge in [0.1, 0.15) is 0 Å². The van der Waals surface area contributed by atoms with E-state index in [1.165, 1.54) is 28.0 Å². The molecule has 0 saturated heterocycles. The van der Waals surface area contributed by atoms with Gasteiger partial charge in [0.05, 0.1) is 5.69 Å². The molecule has 2 aliphatic carbocycles. The van der Waals surface area contributed by atoms with Crippen molar-refractivity contribution in [3.8, 4) is 0 Å². The molecule has 1 unspecified atom stereocenters. The van der Waals surface area contributed by atoms with Crippen LogP contribution in [-0.2, 0) is 6.42 Å². The van der Waals surface area contributed by atoms with Crippen LogP contribution in [0.5, 0.6) is 0 Å². The molecule has 0 bridgehead atoms. The summed E-state index contributed by atoms with van der Waals surface area (Å²) in [6, 6.07) is 17.3. The summed E-state index contributed by atoms with van der Waals surface area (Å²) in [6.45, 7) is 4.51. The summed E-state index contributed by atoms with van der Waals surface area (Å²) in [4.78, 5) is 5.02. The van der Waals surface area contributed by atoms with Crippen LogP contribution >= 0.6 is 0 Å². The number of rotatable bonds is 2. The zero-order valence-corrected chi connectivity index (χ0v) is 15.8. The summed E-state index contributed by atoms with van der Waals surface area (Å²) in [7, 11) is 0. The Morgan fingerprint density at radius 2 is 1.79 bits per heavy atom. The monoisotopic (exact) mass is 474 g/mol. The predicted octanol–water partition coefficient (Wildman–Crippen LogP) is 5.77. The minimum absolute atomic E-state index is 0. The Labute approximate surface area is 183 Å². The van der Waals surface area contributed by atoms with Crippen LogP contribution in [-0.4, -0.2) is 5.71 Å². The van der Waals surface area contributed by atoms with Crippen molar-refractivity contribution in [1.29, 1.82) is 0 Å². The number of hydrogen-bond acceptors (Lipinski definition) is 1. The molecule has 130 valence electrons. The molecule has 2 aromatic rings. The number of para-hydroxylation sites is 1. The molecule has 1 atom stereocenters. The Bertz CT molecular complexity index is 816. The van der Waals surface area contributed by atoms with E-state index in [4.69, 9.17) is 4.99 Å². The predicted molar refractivity (Wildman–Crippen MR) is 98.1 cm³/mol. The minimum Gasteiger partial charge on any atom is -0.257 e. The number of fused-ring (bicyclic) bond motifs is 2. The number of nitrogens with zero attached hydrogens (tertiary/aromatic N) is 1. The smallest absolute Gasteiger partial charge is 0.0661 e. The molecule has 0 radical (unpaired) electrons. The molecule has 0 aliphatic heterocycles. The Balaban J connectivity index is 0.00000169. The first-order valence-electron chi connectivity index (χ1n) is 8.56. The Morgan fingerprint density at radius 3 is 2.62 bits per heavy atom. The van der Waals surface area contributed by atoms with E-state index in [1.54, 1.807) is 5.57 Å². The first kappa shape index (κ1) is 18.0. The number of aryl methyl sites for hydroxylation is 1. The Morgan fingerprint density at radius 1 is 1.04 bits per heavy atom. The normalized spacial score (nSPS) is 20.2. The fourth-order valence-electron chi connectivity index (χ4n) is 3.87. The van der Waals surface area contributed by atoms with Crippen LogP contribution < -0.4 is 0 Å². The van der Waals surface area contributed by atoms with Crippen molar-refractivity contribution in [1.82, 2.24) is 0 Å². The van der Waals surface area contributed by atoms with Crippen LogP contribution in [0.1, 0.15) is 43.4 Å². The first-order valence-corrected chi connectivity index (χ1v) is 8.56. The van der Waals surface area contributed by atoms with Gasteiger partial charge in [0.25, 0.3) is 0 Å². The third-order valence-electron chi connectivity index (χ3n) is 5.08. The number of hydrogen-bond donors (Lipinski definition) is 0. The van der Waals surface area contributed by atoms with Crippen LogP contribution in [0.2, 0.25) is 0 Å². The van der Waals surface area contributed by atoms with Crippen LogP contribution in [0, 0.1) is 59.3 Å². The molecule has 0 aromatic heterocycles. The molecule has 2 heteroatoms. The van der Waals surface area contributed by atoms with Crippen molar-refractivity contribution in [2.75, 3.05) is 0 Å². The molecule has 4 rings (SSSR count). The van der Waals surface area contributed by atoms with Gasteiger partial charge < -0.3 is 0 Å². The van der Waals surface area contributed by atoms with Crippen LogP contribution in [0.3, 0.4) is 0 Å². The third-order valence-corrected chi connectivity index (χ3v) is 5.08. The second kappa shape index (κ2) is 7.64. The largest absolute Gasteiger partial charge is 0.257 e. The second-order valence-electron chi connectivity index (χ2n) is 6.56. The minimum atomic E-state index is 0. The zero-order chi connectivity index (χ0) is 15.8. The van der Waals surface area contributed by atoms with Crippen molar-refractivity contribution in [3.63, 3.8) is 0 Å². The molecule has 0 N–H and O–H groups in total. The van der Waals surface area contributed by atoms with Gasteiger partial charge in [-0.25, -0.2) is 0 Å². The molecule has 0 spiro atoms. The summed E-state index contributed by atoms with van der Waals surface area (Å²) < 4.78 is 0.